The number of hydrogen-bond acceptors (Lipinski definition) is 6. The van der Waals surface area contributed by atoms with Gasteiger partial charge in [0.2, 0.25) is 0 Å². The lowest BCUT2D eigenvalue weighted by molar-refractivity contribution is 0.275. The molecule has 4 aromatic heterocycles. The monoisotopic (exact) mass is 818 g/mol. The molecule has 2 nitrogen and oxygen atoms in total. The van der Waals surface area contributed by atoms with Crippen LogP contribution in [0.2, 0.25) is 0 Å². The molecule has 0 radical (unpaired) electrons. The Bertz CT molecular complexity index is 2190. The van der Waals surface area contributed by atoms with Crippen molar-refractivity contribution in [3.05, 3.63) is 93.7 Å². The lowest BCUT2D eigenvalue weighted by Crippen LogP contribution is -2.04. The van der Waals surface area contributed by atoms with Gasteiger partial charge >= 0.3 is 0 Å². The van der Waals surface area contributed by atoms with E-state index in [1.807, 2.05) is 45.3 Å². The van der Waals surface area contributed by atoms with Gasteiger partial charge in [-0.2, -0.15) is 0 Å². The predicted octanol–water partition coefficient (Wildman–Crippen LogP) is 17.3. The number of thiophene rings is 4. The molecule has 6 heteroatoms. The minimum atomic E-state index is 0.715. The molecule has 2 unspecified atom stereocenters. The van der Waals surface area contributed by atoms with E-state index in [0.29, 0.717) is 11.8 Å². The van der Waals surface area contributed by atoms with E-state index in [4.69, 9.17) is 9.47 Å². The predicted molar refractivity (Wildman–Crippen MR) is 255 cm³/mol. The van der Waals surface area contributed by atoms with Crippen LogP contribution in [0.4, 0.5) is 0 Å². The molecule has 0 spiro atoms. The maximum Gasteiger partial charge on any atom is 0.119 e. The quantitative estimate of drug-likeness (QED) is 0.0763. The molecule has 3 aromatic carbocycles. The zero-order chi connectivity index (χ0) is 39.0. The van der Waals surface area contributed by atoms with Crippen LogP contribution < -0.4 is 9.47 Å². The Balaban J connectivity index is 0.932. The summed E-state index contributed by atoms with van der Waals surface area (Å²) in [5.74, 6) is 4.95. The highest BCUT2D eigenvalue weighted by molar-refractivity contribution is 7.34. The average Bonchev–Trinajstić information content (AvgIpc) is 3.92. The summed E-state index contributed by atoms with van der Waals surface area (Å²) < 4.78 is 20.4. The van der Waals surface area contributed by atoms with Crippen LogP contribution in [0.1, 0.15) is 114 Å². The lowest BCUT2D eigenvalue weighted by Gasteiger charge is -2.13. The van der Waals surface area contributed by atoms with Crippen molar-refractivity contribution in [1.29, 1.82) is 0 Å². The number of rotatable bonds is 20. The highest BCUT2D eigenvalue weighted by Crippen LogP contribution is 2.46. The van der Waals surface area contributed by atoms with Crippen LogP contribution in [0, 0.1) is 23.7 Å². The van der Waals surface area contributed by atoms with Crippen molar-refractivity contribution < 1.29 is 9.47 Å². The van der Waals surface area contributed by atoms with E-state index in [2.05, 4.69) is 139 Å². The van der Waals surface area contributed by atoms with Crippen LogP contribution in [0.25, 0.3) is 63.3 Å². The smallest absolute Gasteiger partial charge is 0.119 e. The van der Waals surface area contributed by atoms with Gasteiger partial charge in [0, 0.05) is 39.3 Å². The van der Waals surface area contributed by atoms with E-state index in [9.17, 15) is 0 Å². The lowest BCUT2D eigenvalue weighted by atomic mass is 9.98. The molecule has 0 amide bonds. The number of fused-ring (bicyclic) bond motifs is 6. The van der Waals surface area contributed by atoms with Crippen LogP contribution in [-0.2, 0) is 0 Å². The summed E-state index contributed by atoms with van der Waals surface area (Å²) in [6, 6.07) is 26.6. The van der Waals surface area contributed by atoms with Crippen LogP contribution in [-0.4, -0.2) is 13.2 Å². The fraction of sp³-hybridized carbons (Fsp3) is 0.400. The Kier molecular flexibility index (Phi) is 14.1. The molecule has 7 rings (SSSR count). The highest BCUT2D eigenvalue weighted by Gasteiger charge is 2.15. The molecule has 7 aromatic rings. The molecule has 294 valence electrons. The summed E-state index contributed by atoms with van der Waals surface area (Å²) in [6.07, 6.45) is 19.1. The van der Waals surface area contributed by atoms with Gasteiger partial charge in [0.1, 0.15) is 11.5 Å². The molecule has 0 saturated carbocycles. The zero-order valence-corrected chi connectivity index (χ0v) is 37.3. The Morgan fingerprint density at radius 3 is 1.25 bits per heavy atom. The number of benzene rings is 3. The molecule has 0 aliphatic heterocycles. The van der Waals surface area contributed by atoms with Gasteiger partial charge in [-0.3, -0.25) is 0 Å². The third kappa shape index (κ3) is 10.9. The molecule has 0 bridgehead atoms. The molecule has 0 aliphatic rings. The summed E-state index contributed by atoms with van der Waals surface area (Å²) in [7, 11) is 0. The topological polar surface area (TPSA) is 18.5 Å². The Hall–Kier alpha value is -3.42. The first-order valence-electron chi connectivity index (χ1n) is 20.8. The molecule has 0 aliphatic carbocycles. The summed E-state index contributed by atoms with van der Waals surface area (Å²) >= 11 is 7.63. The Morgan fingerprint density at radius 1 is 0.446 bits per heavy atom. The number of ether oxygens (including phenoxy) is 2. The minimum absolute atomic E-state index is 0.715. The van der Waals surface area contributed by atoms with Gasteiger partial charge in [-0.25, -0.2) is 0 Å². The minimum Gasteiger partial charge on any atom is -0.494 e. The van der Waals surface area contributed by atoms with Crippen LogP contribution in [0.3, 0.4) is 0 Å². The second kappa shape index (κ2) is 19.4. The van der Waals surface area contributed by atoms with Crippen molar-refractivity contribution in [3.8, 4) is 11.5 Å². The summed E-state index contributed by atoms with van der Waals surface area (Å²) in [4.78, 5) is 2.59. The largest absolute Gasteiger partial charge is 0.494 e. The van der Waals surface area contributed by atoms with Crippen molar-refractivity contribution >= 4 is 109 Å². The van der Waals surface area contributed by atoms with E-state index >= 15 is 0 Å². The summed E-state index contributed by atoms with van der Waals surface area (Å²) in [5.41, 5.74) is 2.39. The van der Waals surface area contributed by atoms with E-state index in [-0.39, 0.29) is 0 Å². The zero-order valence-electron chi connectivity index (χ0n) is 34.1. The summed E-state index contributed by atoms with van der Waals surface area (Å²) in [6.45, 7) is 15.5. The van der Waals surface area contributed by atoms with Crippen LogP contribution in [0.5, 0.6) is 11.5 Å². The van der Waals surface area contributed by atoms with Gasteiger partial charge in [-0.05, 0) is 108 Å². The molecular formula is C50H58O2S4. The Morgan fingerprint density at radius 2 is 0.857 bits per heavy atom. The van der Waals surface area contributed by atoms with E-state index < -0.39 is 0 Å². The highest BCUT2D eigenvalue weighted by atomic mass is 32.1. The third-order valence-electron chi connectivity index (χ3n) is 10.8. The molecule has 0 N–H and O–H groups in total. The van der Waals surface area contributed by atoms with Gasteiger partial charge in [0.15, 0.2) is 0 Å². The van der Waals surface area contributed by atoms with Gasteiger partial charge in [-0.15, -0.1) is 45.3 Å². The molecular weight excluding hydrogens is 761 g/mol. The van der Waals surface area contributed by atoms with Crippen LogP contribution in [0.15, 0.2) is 72.8 Å². The second-order valence-electron chi connectivity index (χ2n) is 16.7. The van der Waals surface area contributed by atoms with Crippen molar-refractivity contribution in [3.63, 3.8) is 0 Å². The standard InChI is InChI=1S/C50H58O2S4/c1-33(2)9-7-11-35(5)25-27-51-39-19-13-37(14-20-39)17-23-41-29-47-49(53-41)43-31-46-44(32-45(43)55-47)50-48(56-46)30-42(54-50)24-18-38-15-21-40(22-16-38)52-28-26-36(6)12-8-10-34(3)4/h13-24,29-36H,7-12,25-28H2,1-6H3. The first-order valence-corrected chi connectivity index (χ1v) is 24.1. The second-order valence-corrected chi connectivity index (χ2v) is 21.0. The fourth-order valence-corrected chi connectivity index (χ4v) is 12.2. The summed E-state index contributed by atoms with van der Waals surface area (Å²) in [5, 5.41) is 2.77. The van der Waals surface area contributed by atoms with E-state index in [1.165, 1.54) is 98.4 Å². The van der Waals surface area contributed by atoms with Gasteiger partial charge in [-0.1, -0.05) is 116 Å². The van der Waals surface area contributed by atoms with Crippen molar-refractivity contribution in [1.82, 2.24) is 0 Å². The van der Waals surface area contributed by atoms with Gasteiger partial charge in [0.25, 0.3) is 0 Å². The van der Waals surface area contributed by atoms with Gasteiger partial charge in [0.05, 0.1) is 22.6 Å². The fourth-order valence-electron chi connectivity index (χ4n) is 7.30. The average molecular weight is 819 g/mol. The molecule has 4 heterocycles. The van der Waals surface area contributed by atoms with Crippen molar-refractivity contribution in [2.24, 2.45) is 23.7 Å². The molecule has 56 heavy (non-hydrogen) atoms. The maximum absolute atomic E-state index is 6.07. The third-order valence-corrected chi connectivity index (χ3v) is 15.5. The first-order chi connectivity index (χ1) is 27.2. The number of hydrogen-bond donors (Lipinski definition) is 0. The first kappa shape index (κ1) is 40.8. The SMILES string of the molecule is CC(C)CCCC(C)CCOc1ccc(C=Cc2cc3sc4cc5c(cc4c3s2)sc2cc(C=Cc3ccc(OCCC(C)CCCC(C)C)cc3)sc25)cc1. The molecule has 2 atom stereocenters. The molecule has 0 fully saturated rings. The van der Waals surface area contributed by atoms with E-state index in [0.717, 1.165) is 49.4 Å². The Labute approximate surface area is 350 Å². The van der Waals surface area contributed by atoms with Crippen molar-refractivity contribution in [2.75, 3.05) is 13.2 Å². The van der Waals surface area contributed by atoms with E-state index in [1.54, 1.807) is 0 Å². The van der Waals surface area contributed by atoms with Crippen molar-refractivity contribution in [2.45, 2.75) is 92.9 Å². The van der Waals surface area contributed by atoms with Gasteiger partial charge < -0.3 is 9.47 Å². The molecule has 0 saturated heterocycles. The normalized spacial score (nSPS) is 13.6. The van der Waals surface area contributed by atoms with Crippen LogP contribution >= 0.6 is 45.3 Å². The maximum atomic E-state index is 6.07.